The summed E-state index contributed by atoms with van der Waals surface area (Å²) in [5.74, 6) is 0.0173. The van der Waals surface area contributed by atoms with Crippen molar-refractivity contribution in [3.8, 4) is 5.75 Å². The molecule has 0 bridgehead atoms. The molecule has 0 spiro atoms. The summed E-state index contributed by atoms with van der Waals surface area (Å²) < 4.78 is 31.9. The van der Waals surface area contributed by atoms with Gasteiger partial charge < -0.3 is 19.8 Å². The van der Waals surface area contributed by atoms with Crippen LogP contribution in [0.4, 0.5) is 19.3 Å². The van der Waals surface area contributed by atoms with Crippen molar-refractivity contribution < 1.29 is 18.3 Å². The van der Waals surface area contributed by atoms with Crippen molar-refractivity contribution in [2.24, 2.45) is 0 Å². The van der Waals surface area contributed by atoms with Gasteiger partial charge in [-0.2, -0.15) is 8.78 Å². The number of urea groups is 1. The number of ether oxygens (including phenoxy) is 1. The highest BCUT2D eigenvalue weighted by Crippen LogP contribution is 2.24. The lowest BCUT2D eigenvalue weighted by Crippen LogP contribution is -2.28. The van der Waals surface area contributed by atoms with Crippen LogP contribution in [0.5, 0.6) is 5.75 Å². The summed E-state index contributed by atoms with van der Waals surface area (Å²) in [6, 6.07) is 7.80. The lowest BCUT2D eigenvalue weighted by molar-refractivity contribution is -0.0502. The molecule has 1 aromatic carbocycles. The molecule has 0 unspecified atom stereocenters. The number of hydrogen-bond donors (Lipinski definition) is 2. The van der Waals surface area contributed by atoms with Crippen LogP contribution >= 0.6 is 15.9 Å². The van der Waals surface area contributed by atoms with Gasteiger partial charge in [0, 0.05) is 28.6 Å². The first-order valence-corrected chi connectivity index (χ1v) is 8.43. The van der Waals surface area contributed by atoms with Gasteiger partial charge in [-0.15, -0.1) is 0 Å². The van der Waals surface area contributed by atoms with Gasteiger partial charge >= 0.3 is 12.6 Å². The Morgan fingerprint density at radius 2 is 2.12 bits per heavy atom. The zero-order chi connectivity index (χ0) is 18.7. The van der Waals surface area contributed by atoms with E-state index in [0.29, 0.717) is 16.9 Å². The van der Waals surface area contributed by atoms with Crippen molar-refractivity contribution in [1.29, 1.82) is 0 Å². The highest BCUT2D eigenvalue weighted by molar-refractivity contribution is 9.10. The van der Waals surface area contributed by atoms with Crippen LogP contribution in [0, 0.1) is 6.92 Å². The maximum absolute atomic E-state index is 12.4. The standard InChI is InChI=1S/C17H15BrF2N4O2/c1-10-2-4-12(6-14(10)26-16(19)20)23-17(25)21-7-13-9-24-8-11(18)3-5-15(24)22-13/h2-6,8-9,16H,7H2,1H3,(H2,21,23,25). The maximum atomic E-state index is 12.4. The molecule has 0 fully saturated rings. The number of amides is 2. The number of alkyl halides is 2. The summed E-state index contributed by atoms with van der Waals surface area (Å²) in [7, 11) is 0. The molecule has 0 radical (unpaired) electrons. The molecule has 0 saturated heterocycles. The van der Waals surface area contributed by atoms with Crippen molar-refractivity contribution >= 4 is 33.3 Å². The first kappa shape index (κ1) is 18.1. The number of aromatic nitrogens is 2. The Balaban J connectivity index is 1.61. The number of hydrogen-bond acceptors (Lipinski definition) is 3. The largest absolute Gasteiger partial charge is 0.434 e. The summed E-state index contributed by atoms with van der Waals surface area (Å²) in [6.45, 7) is -1.06. The summed E-state index contributed by atoms with van der Waals surface area (Å²) >= 11 is 3.38. The second-order valence-electron chi connectivity index (χ2n) is 5.51. The predicted molar refractivity (Wildman–Crippen MR) is 96.6 cm³/mol. The number of benzene rings is 1. The molecule has 26 heavy (non-hydrogen) atoms. The lowest BCUT2D eigenvalue weighted by Gasteiger charge is -2.11. The van der Waals surface area contributed by atoms with E-state index in [9.17, 15) is 13.6 Å². The zero-order valence-electron chi connectivity index (χ0n) is 13.7. The lowest BCUT2D eigenvalue weighted by atomic mass is 10.2. The van der Waals surface area contributed by atoms with E-state index in [0.717, 1.165) is 10.1 Å². The van der Waals surface area contributed by atoms with E-state index in [1.807, 2.05) is 22.7 Å². The number of anilines is 1. The van der Waals surface area contributed by atoms with Gasteiger partial charge in [0.25, 0.3) is 0 Å². The van der Waals surface area contributed by atoms with Crippen LogP contribution in [0.25, 0.3) is 5.65 Å². The fourth-order valence-electron chi connectivity index (χ4n) is 2.35. The Bertz CT molecular complexity index is 946. The molecule has 2 amide bonds. The molecule has 0 aliphatic heterocycles. The second-order valence-corrected chi connectivity index (χ2v) is 6.43. The van der Waals surface area contributed by atoms with Gasteiger partial charge in [0.15, 0.2) is 0 Å². The monoisotopic (exact) mass is 424 g/mol. The molecule has 2 aromatic heterocycles. The average molecular weight is 425 g/mol. The minimum Gasteiger partial charge on any atom is -0.434 e. The molecule has 3 rings (SSSR count). The molecular formula is C17H15BrF2N4O2. The van der Waals surface area contributed by atoms with E-state index < -0.39 is 12.6 Å². The molecule has 0 aliphatic carbocycles. The van der Waals surface area contributed by atoms with Crippen molar-refractivity contribution in [3.63, 3.8) is 0 Å². The smallest absolute Gasteiger partial charge is 0.387 e. The number of nitrogens with one attached hydrogen (secondary N) is 2. The van der Waals surface area contributed by atoms with Crippen LogP contribution in [-0.4, -0.2) is 22.0 Å². The van der Waals surface area contributed by atoms with E-state index >= 15 is 0 Å². The number of carbonyl (C=O) groups excluding carboxylic acids is 1. The summed E-state index contributed by atoms with van der Waals surface area (Å²) in [4.78, 5) is 16.4. The Morgan fingerprint density at radius 1 is 1.31 bits per heavy atom. The van der Waals surface area contributed by atoms with E-state index in [1.54, 1.807) is 25.3 Å². The Morgan fingerprint density at radius 3 is 2.88 bits per heavy atom. The highest BCUT2D eigenvalue weighted by Gasteiger charge is 2.10. The molecule has 136 valence electrons. The van der Waals surface area contributed by atoms with Gasteiger partial charge in [0.05, 0.1) is 12.2 Å². The number of fused-ring (bicyclic) bond motifs is 1. The van der Waals surface area contributed by atoms with E-state index in [2.05, 4.69) is 36.3 Å². The normalized spacial score (nSPS) is 11.0. The summed E-state index contributed by atoms with van der Waals surface area (Å²) in [5, 5.41) is 5.25. The van der Waals surface area contributed by atoms with Crippen LogP contribution in [0.2, 0.25) is 0 Å². The molecule has 3 aromatic rings. The van der Waals surface area contributed by atoms with Gasteiger partial charge in [0.2, 0.25) is 0 Å². The van der Waals surface area contributed by atoms with Crippen molar-refractivity contribution in [3.05, 3.63) is 58.5 Å². The van der Waals surface area contributed by atoms with Crippen molar-refractivity contribution in [1.82, 2.24) is 14.7 Å². The molecule has 6 nitrogen and oxygen atoms in total. The Labute approximate surface area is 156 Å². The fourth-order valence-corrected chi connectivity index (χ4v) is 2.70. The minimum atomic E-state index is -2.92. The number of rotatable bonds is 5. The van der Waals surface area contributed by atoms with Crippen molar-refractivity contribution in [2.45, 2.75) is 20.1 Å². The van der Waals surface area contributed by atoms with Crippen LogP contribution in [0.3, 0.4) is 0 Å². The summed E-state index contributed by atoms with van der Waals surface area (Å²) in [6.07, 6.45) is 3.67. The van der Waals surface area contributed by atoms with E-state index in [4.69, 9.17) is 0 Å². The SMILES string of the molecule is Cc1ccc(NC(=O)NCc2cn3cc(Br)ccc3n2)cc1OC(F)F. The Kier molecular flexibility index (Phi) is 5.36. The molecule has 0 atom stereocenters. The number of aryl methyl sites for hydroxylation is 1. The minimum absolute atomic E-state index is 0.0173. The van der Waals surface area contributed by atoms with E-state index in [-0.39, 0.29) is 12.3 Å². The first-order chi connectivity index (χ1) is 12.4. The molecule has 2 N–H and O–H groups in total. The number of halogens is 3. The van der Waals surface area contributed by atoms with Crippen LogP contribution in [0.1, 0.15) is 11.3 Å². The van der Waals surface area contributed by atoms with Crippen LogP contribution in [-0.2, 0) is 6.54 Å². The van der Waals surface area contributed by atoms with E-state index in [1.165, 1.54) is 6.07 Å². The topological polar surface area (TPSA) is 67.7 Å². The quantitative estimate of drug-likeness (QED) is 0.640. The predicted octanol–water partition coefficient (Wildman–Crippen LogP) is 4.33. The number of pyridine rings is 1. The molecule has 9 heteroatoms. The number of nitrogens with zero attached hydrogens (tertiary/aromatic N) is 2. The van der Waals surface area contributed by atoms with Crippen molar-refractivity contribution in [2.75, 3.05) is 5.32 Å². The maximum Gasteiger partial charge on any atom is 0.387 e. The van der Waals surface area contributed by atoms with Crippen LogP contribution < -0.4 is 15.4 Å². The highest BCUT2D eigenvalue weighted by atomic mass is 79.9. The average Bonchev–Trinajstić information content (AvgIpc) is 2.97. The third-order valence-electron chi connectivity index (χ3n) is 3.56. The van der Waals surface area contributed by atoms with Gasteiger partial charge in [-0.25, -0.2) is 9.78 Å². The number of imidazole rings is 1. The zero-order valence-corrected chi connectivity index (χ0v) is 15.3. The second kappa shape index (κ2) is 7.69. The van der Waals surface area contributed by atoms with Gasteiger partial charge in [0.1, 0.15) is 11.4 Å². The van der Waals surface area contributed by atoms with Gasteiger partial charge in [-0.05, 0) is 46.6 Å². The van der Waals surface area contributed by atoms with Gasteiger partial charge in [-0.1, -0.05) is 6.07 Å². The third-order valence-corrected chi connectivity index (χ3v) is 4.03. The fraction of sp³-hybridized carbons (Fsp3) is 0.176. The van der Waals surface area contributed by atoms with Gasteiger partial charge in [-0.3, -0.25) is 0 Å². The molecule has 2 heterocycles. The number of carbonyl (C=O) groups is 1. The molecular weight excluding hydrogens is 410 g/mol. The molecule has 0 aliphatic rings. The third kappa shape index (κ3) is 4.48. The first-order valence-electron chi connectivity index (χ1n) is 7.64. The molecule has 0 saturated carbocycles. The Hall–Kier alpha value is -2.68. The summed E-state index contributed by atoms with van der Waals surface area (Å²) in [5.41, 5.74) is 2.34. The van der Waals surface area contributed by atoms with Crippen LogP contribution in [0.15, 0.2) is 47.2 Å².